The number of hydrogen-bond donors (Lipinski definition) is 1. The summed E-state index contributed by atoms with van der Waals surface area (Å²) >= 11 is 0. The van der Waals surface area contributed by atoms with E-state index in [1.807, 2.05) is 6.07 Å². The van der Waals surface area contributed by atoms with E-state index in [2.05, 4.69) is 25.4 Å². The second-order valence-corrected chi connectivity index (χ2v) is 5.51. The minimum atomic E-state index is -0.238. The molecule has 8 nitrogen and oxygen atoms in total. The van der Waals surface area contributed by atoms with Gasteiger partial charge in [-0.2, -0.15) is 5.10 Å². The topological polar surface area (TPSA) is 94.8 Å². The number of rotatable bonds is 5. The van der Waals surface area contributed by atoms with Gasteiger partial charge in [0.15, 0.2) is 5.82 Å². The number of aromatic nitrogens is 5. The molecule has 0 fully saturated rings. The minimum absolute atomic E-state index is 0.238. The predicted octanol–water partition coefficient (Wildman–Crippen LogP) is 3.10. The van der Waals surface area contributed by atoms with Crippen molar-refractivity contribution in [2.24, 2.45) is 0 Å². The lowest BCUT2D eigenvalue weighted by Gasteiger charge is -2.08. The van der Waals surface area contributed by atoms with Gasteiger partial charge in [0.25, 0.3) is 5.91 Å². The van der Waals surface area contributed by atoms with Crippen LogP contribution in [0.25, 0.3) is 5.82 Å². The normalized spacial score (nSPS) is 10.4. The van der Waals surface area contributed by atoms with Crippen molar-refractivity contribution in [3.63, 3.8) is 0 Å². The molecular weight excluding hydrogens is 344 g/mol. The summed E-state index contributed by atoms with van der Waals surface area (Å²) in [5, 5.41) is 6.81. The number of hydrogen-bond acceptors (Lipinski definition) is 6. The summed E-state index contributed by atoms with van der Waals surface area (Å²) in [4.78, 5) is 24.5. The second-order valence-electron chi connectivity index (χ2n) is 5.51. The molecule has 27 heavy (non-hydrogen) atoms. The van der Waals surface area contributed by atoms with Gasteiger partial charge in [0.05, 0.1) is 18.1 Å². The Labute approximate surface area is 154 Å². The molecule has 1 aromatic carbocycles. The lowest BCUT2D eigenvalue weighted by atomic mass is 10.2. The number of pyridine rings is 2. The van der Waals surface area contributed by atoms with Crippen LogP contribution in [0.15, 0.2) is 79.8 Å². The summed E-state index contributed by atoms with van der Waals surface area (Å²) in [6.45, 7) is 0. The fourth-order valence-corrected chi connectivity index (χ4v) is 2.34. The highest BCUT2D eigenvalue weighted by Crippen LogP contribution is 2.21. The average Bonchev–Trinajstić information content (AvgIpc) is 3.25. The molecule has 0 bridgehead atoms. The van der Waals surface area contributed by atoms with E-state index in [0.29, 0.717) is 28.6 Å². The molecule has 1 N–H and O–H groups in total. The van der Waals surface area contributed by atoms with Crippen LogP contribution >= 0.6 is 0 Å². The zero-order chi connectivity index (χ0) is 18.5. The highest BCUT2D eigenvalue weighted by Gasteiger charge is 2.08. The van der Waals surface area contributed by atoms with Crippen molar-refractivity contribution in [3.05, 3.63) is 85.3 Å². The van der Waals surface area contributed by atoms with Crippen LogP contribution in [0.1, 0.15) is 10.4 Å². The van der Waals surface area contributed by atoms with Gasteiger partial charge in [-0.25, -0.2) is 14.6 Å². The fraction of sp³-hybridized carbons (Fsp3) is 0. The first-order valence-electron chi connectivity index (χ1n) is 8.08. The van der Waals surface area contributed by atoms with Gasteiger partial charge in [-0.3, -0.25) is 9.78 Å². The summed E-state index contributed by atoms with van der Waals surface area (Å²) in [7, 11) is 0. The quantitative estimate of drug-likeness (QED) is 0.589. The van der Waals surface area contributed by atoms with Gasteiger partial charge in [-0.1, -0.05) is 0 Å². The van der Waals surface area contributed by atoms with Crippen LogP contribution < -0.4 is 10.1 Å². The fourth-order valence-electron chi connectivity index (χ4n) is 2.34. The molecule has 0 unspecified atom stereocenters. The van der Waals surface area contributed by atoms with Crippen LogP contribution in [0, 0.1) is 0 Å². The molecule has 0 aliphatic heterocycles. The molecule has 3 aromatic heterocycles. The first kappa shape index (κ1) is 16.4. The Bertz CT molecular complexity index is 1020. The standard InChI is InChI=1S/C19H14N6O2/c26-19(24-15-5-8-18(22-10-15)25-13-21-12-23-25)14-3-6-16(7-4-14)27-17-2-1-9-20-11-17/h1-13H,(H,24,26). The van der Waals surface area contributed by atoms with E-state index in [-0.39, 0.29) is 5.91 Å². The summed E-state index contributed by atoms with van der Waals surface area (Å²) in [5.74, 6) is 1.63. The Hall–Kier alpha value is -4.07. The molecule has 0 aliphatic rings. The van der Waals surface area contributed by atoms with E-state index in [9.17, 15) is 4.79 Å². The van der Waals surface area contributed by atoms with E-state index >= 15 is 0 Å². The Morgan fingerprint density at radius 2 is 1.85 bits per heavy atom. The monoisotopic (exact) mass is 358 g/mol. The van der Waals surface area contributed by atoms with Crippen LogP contribution in [0.3, 0.4) is 0 Å². The number of nitrogens with one attached hydrogen (secondary N) is 1. The highest BCUT2D eigenvalue weighted by molar-refractivity contribution is 6.04. The van der Waals surface area contributed by atoms with Crippen molar-refractivity contribution < 1.29 is 9.53 Å². The number of benzene rings is 1. The highest BCUT2D eigenvalue weighted by atomic mass is 16.5. The predicted molar refractivity (Wildman–Crippen MR) is 97.9 cm³/mol. The number of carbonyl (C=O) groups excluding carboxylic acids is 1. The Kier molecular flexibility index (Phi) is 4.52. The van der Waals surface area contributed by atoms with Crippen molar-refractivity contribution >= 4 is 11.6 Å². The molecule has 0 spiro atoms. The summed E-state index contributed by atoms with van der Waals surface area (Å²) < 4.78 is 7.20. The molecule has 8 heteroatoms. The SMILES string of the molecule is O=C(Nc1ccc(-n2cncn2)nc1)c1ccc(Oc2cccnc2)cc1. The second kappa shape index (κ2) is 7.44. The molecule has 132 valence electrons. The molecule has 0 aliphatic carbocycles. The van der Waals surface area contributed by atoms with Gasteiger partial charge in [0.1, 0.15) is 24.2 Å². The van der Waals surface area contributed by atoms with E-state index in [1.54, 1.807) is 67.4 Å². The first-order valence-corrected chi connectivity index (χ1v) is 8.08. The maximum atomic E-state index is 12.4. The Morgan fingerprint density at radius 3 is 2.52 bits per heavy atom. The number of nitrogens with zero attached hydrogens (tertiary/aromatic N) is 5. The van der Waals surface area contributed by atoms with E-state index in [1.165, 1.54) is 11.0 Å². The maximum Gasteiger partial charge on any atom is 0.255 e. The van der Waals surface area contributed by atoms with E-state index < -0.39 is 0 Å². The Balaban J connectivity index is 1.40. The van der Waals surface area contributed by atoms with E-state index in [4.69, 9.17) is 4.74 Å². The molecule has 4 aromatic rings. The minimum Gasteiger partial charge on any atom is -0.456 e. The summed E-state index contributed by atoms with van der Waals surface area (Å²) in [6.07, 6.45) is 7.84. The van der Waals surface area contributed by atoms with Crippen LogP contribution in [-0.2, 0) is 0 Å². The van der Waals surface area contributed by atoms with E-state index in [0.717, 1.165) is 0 Å². The molecule has 4 rings (SSSR count). The first-order chi connectivity index (χ1) is 13.3. The number of amides is 1. The zero-order valence-corrected chi connectivity index (χ0v) is 14.1. The van der Waals surface area contributed by atoms with Crippen molar-refractivity contribution in [2.75, 3.05) is 5.32 Å². The molecule has 0 radical (unpaired) electrons. The van der Waals surface area contributed by atoms with Crippen molar-refractivity contribution in [2.45, 2.75) is 0 Å². The molecule has 0 saturated carbocycles. The van der Waals surface area contributed by atoms with Gasteiger partial charge in [0.2, 0.25) is 0 Å². The van der Waals surface area contributed by atoms with Crippen LogP contribution in [0.5, 0.6) is 11.5 Å². The Morgan fingerprint density at radius 1 is 0.963 bits per heavy atom. The summed E-state index contributed by atoms with van der Waals surface area (Å²) in [5.41, 5.74) is 1.09. The van der Waals surface area contributed by atoms with Crippen molar-refractivity contribution in [1.82, 2.24) is 24.7 Å². The molecule has 0 saturated heterocycles. The third-order valence-electron chi connectivity index (χ3n) is 3.65. The van der Waals surface area contributed by atoms with Gasteiger partial charge in [-0.05, 0) is 48.5 Å². The lowest BCUT2D eigenvalue weighted by molar-refractivity contribution is 0.102. The van der Waals surface area contributed by atoms with Crippen LogP contribution in [0.2, 0.25) is 0 Å². The lowest BCUT2D eigenvalue weighted by Crippen LogP contribution is -2.12. The third-order valence-corrected chi connectivity index (χ3v) is 3.65. The van der Waals surface area contributed by atoms with Gasteiger partial charge < -0.3 is 10.1 Å². The molecule has 3 heterocycles. The zero-order valence-electron chi connectivity index (χ0n) is 14.1. The smallest absolute Gasteiger partial charge is 0.255 e. The molecular formula is C19H14N6O2. The number of carbonyl (C=O) groups is 1. The third kappa shape index (κ3) is 3.96. The number of ether oxygens (including phenoxy) is 1. The van der Waals surface area contributed by atoms with Crippen molar-refractivity contribution in [3.8, 4) is 17.3 Å². The van der Waals surface area contributed by atoms with Gasteiger partial charge >= 0.3 is 0 Å². The average molecular weight is 358 g/mol. The van der Waals surface area contributed by atoms with Crippen LogP contribution in [0.4, 0.5) is 5.69 Å². The maximum absolute atomic E-state index is 12.4. The van der Waals surface area contributed by atoms with Gasteiger partial charge in [-0.15, -0.1) is 0 Å². The number of anilines is 1. The molecule has 1 amide bonds. The van der Waals surface area contributed by atoms with Gasteiger partial charge in [0, 0.05) is 11.8 Å². The van der Waals surface area contributed by atoms with Crippen LogP contribution in [-0.4, -0.2) is 30.6 Å². The largest absolute Gasteiger partial charge is 0.456 e. The molecule has 0 atom stereocenters. The van der Waals surface area contributed by atoms with Crippen molar-refractivity contribution in [1.29, 1.82) is 0 Å². The summed E-state index contributed by atoms with van der Waals surface area (Å²) in [6, 6.07) is 13.9.